The van der Waals surface area contributed by atoms with Gasteiger partial charge in [0.25, 0.3) is 5.91 Å². The predicted molar refractivity (Wildman–Crippen MR) is 83.6 cm³/mol. The average Bonchev–Trinajstić information content (AvgIpc) is 2.57. The first-order valence-corrected chi connectivity index (χ1v) is 7.24. The van der Waals surface area contributed by atoms with Crippen molar-refractivity contribution >= 4 is 11.7 Å². The van der Waals surface area contributed by atoms with E-state index in [4.69, 9.17) is 5.73 Å². The van der Waals surface area contributed by atoms with E-state index in [9.17, 15) is 10.1 Å². The minimum absolute atomic E-state index is 0.0814. The van der Waals surface area contributed by atoms with Gasteiger partial charge in [0.1, 0.15) is 17.5 Å². The van der Waals surface area contributed by atoms with Crippen molar-refractivity contribution in [3.05, 3.63) is 36.2 Å². The summed E-state index contributed by atoms with van der Waals surface area (Å²) in [5, 5.41) is 12.1. The molecular weight excluding hydrogens is 280 g/mol. The van der Waals surface area contributed by atoms with Crippen LogP contribution in [0.3, 0.4) is 0 Å². The highest BCUT2D eigenvalue weighted by Crippen LogP contribution is 2.08. The van der Waals surface area contributed by atoms with Gasteiger partial charge in [-0.05, 0) is 12.1 Å². The zero-order valence-corrected chi connectivity index (χ0v) is 12.4. The van der Waals surface area contributed by atoms with Crippen molar-refractivity contribution in [2.24, 2.45) is 5.73 Å². The molecule has 1 aromatic heterocycles. The minimum atomic E-state index is -0.252. The van der Waals surface area contributed by atoms with Crippen LogP contribution in [0.15, 0.2) is 36.2 Å². The standard InChI is InChI=1S/C15H20N6O/c16-4-6-20-7-9-21(10-8-20)15(22)13(11-17)12-19-14-3-1-2-5-18-14/h1-3,5,12H,4,6-10,16H2,(H,18,19)/b13-12-. The summed E-state index contributed by atoms with van der Waals surface area (Å²) in [6.07, 6.45) is 3.05. The van der Waals surface area contributed by atoms with E-state index in [0.717, 1.165) is 19.6 Å². The first-order valence-electron chi connectivity index (χ1n) is 7.24. The quantitative estimate of drug-likeness (QED) is 0.587. The van der Waals surface area contributed by atoms with E-state index in [-0.39, 0.29) is 11.5 Å². The lowest BCUT2D eigenvalue weighted by Crippen LogP contribution is -2.50. The minimum Gasteiger partial charge on any atom is -0.345 e. The molecule has 0 radical (unpaired) electrons. The predicted octanol–water partition coefficient (Wildman–Crippen LogP) is 0.00388. The molecule has 1 saturated heterocycles. The molecule has 2 heterocycles. The molecular formula is C15H20N6O. The van der Waals surface area contributed by atoms with Crippen LogP contribution in [0, 0.1) is 11.3 Å². The van der Waals surface area contributed by atoms with E-state index < -0.39 is 0 Å². The van der Waals surface area contributed by atoms with Crippen molar-refractivity contribution in [2.45, 2.75) is 0 Å². The maximum absolute atomic E-state index is 12.3. The third kappa shape index (κ3) is 4.28. The van der Waals surface area contributed by atoms with E-state index >= 15 is 0 Å². The van der Waals surface area contributed by atoms with Gasteiger partial charge in [0.2, 0.25) is 0 Å². The van der Waals surface area contributed by atoms with E-state index in [0.29, 0.717) is 25.5 Å². The summed E-state index contributed by atoms with van der Waals surface area (Å²) in [7, 11) is 0. The molecule has 7 heteroatoms. The highest BCUT2D eigenvalue weighted by atomic mass is 16.2. The SMILES string of the molecule is N#C/C(=C/Nc1ccccn1)C(=O)N1CCN(CCN)CC1. The Balaban J connectivity index is 1.94. The van der Waals surface area contributed by atoms with Crippen LogP contribution in [-0.2, 0) is 4.79 Å². The van der Waals surface area contributed by atoms with Gasteiger partial charge in [-0.25, -0.2) is 4.98 Å². The van der Waals surface area contributed by atoms with Gasteiger partial charge >= 0.3 is 0 Å². The van der Waals surface area contributed by atoms with E-state index in [1.54, 1.807) is 23.2 Å². The van der Waals surface area contributed by atoms with Gasteiger partial charge in [0.05, 0.1) is 0 Å². The van der Waals surface area contributed by atoms with Crippen LogP contribution in [0.2, 0.25) is 0 Å². The molecule has 0 aliphatic carbocycles. The molecule has 7 nitrogen and oxygen atoms in total. The Bertz CT molecular complexity index is 557. The lowest BCUT2D eigenvalue weighted by molar-refractivity contribution is -0.128. The number of piperazine rings is 1. The summed E-state index contributed by atoms with van der Waals surface area (Å²) in [5.74, 6) is 0.342. The van der Waals surface area contributed by atoms with Gasteiger partial charge < -0.3 is 16.0 Å². The van der Waals surface area contributed by atoms with Crippen molar-refractivity contribution in [3.63, 3.8) is 0 Å². The first kappa shape index (κ1) is 15.9. The maximum atomic E-state index is 12.3. The van der Waals surface area contributed by atoms with Crippen molar-refractivity contribution in [1.29, 1.82) is 5.26 Å². The molecule has 1 aliphatic heterocycles. The average molecular weight is 300 g/mol. The Labute approximate surface area is 130 Å². The first-order chi connectivity index (χ1) is 10.7. The van der Waals surface area contributed by atoms with Crippen LogP contribution >= 0.6 is 0 Å². The lowest BCUT2D eigenvalue weighted by Gasteiger charge is -2.34. The molecule has 1 aliphatic rings. The van der Waals surface area contributed by atoms with E-state index in [2.05, 4.69) is 15.2 Å². The highest BCUT2D eigenvalue weighted by Gasteiger charge is 2.23. The summed E-state index contributed by atoms with van der Waals surface area (Å²) in [6.45, 7) is 4.25. The maximum Gasteiger partial charge on any atom is 0.266 e. The van der Waals surface area contributed by atoms with Gasteiger partial charge in [-0.15, -0.1) is 0 Å². The number of amides is 1. The Hall–Kier alpha value is -2.43. The van der Waals surface area contributed by atoms with Crippen LogP contribution in [0.4, 0.5) is 5.82 Å². The smallest absolute Gasteiger partial charge is 0.266 e. The summed E-state index contributed by atoms with van der Waals surface area (Å²) < 4.78 is 0. The van der Waals surface area contributed by atoms with Gasteiger partial charge in [-0.1, -0.05) is 6.07 Å². The number of hydrogen-bond acceptors (Lipinski definition) is 6. The third-order valence-corrected chi connectivity index (χ3v) is 3.48. The van der Waals surface area contributed by atoms with Crippen molar-refractivity contribution in [1.82, 2.24) is 14.8 Å². The number of pyridine rings is 1. The van der Waals surface area contributed by atoms with Crippen LogP contribution < -0.4 is 11.1 Å². The molecule has 0 aromatic carbocycles. The number of rotatable bonds is 5. The second-order valence-electron chi connectivity index (χ2n) is 4.95. The van der Waals surface area contributed by atoms with Gasteiger partial charge in [0.15, 0.2) is 0 Å². The molecule has 1 amide bonds. The second kappa shape index (κ2) is 8.12. The Morgan fingerprint density at radius 2 is 2.18 bits per heavy atom. The Morgan fingerprint density at radius 3 is 2.77 bits per heavy atom. The third-order valence-electron chi connectivity index (χ3n) is 3.48. The number of hydrogen-bond donors (Lipinski definition) is 2. The molecule has 1 fully saturated rings. The summed E-state index contributed by atoms with van der Waals surface area (Å²) >= 11 is 0. The van der Waals surface area contributed by atoms with Gasteiger partial charge in [0, 0.05) is 51.7 Å². The topological polar surface area (TPSA) is 98.3 Å². The zero-order valence-electron chi connectivity index (χ0n) is 12.4. The molecule has 22 heavy (non-hydrogen) atoms. The molecule has 116 valence electrons. The molecule has 3 N–H and O–H groups in total. The van der Waals surface area contributed by atoms with E-state index in [1.807, 2.05) is 12.1 Å². The number of nitriles is 1. The lowest BCUT2D eigenvalue weighted by atomic mass is 10.2. The summed E-state index contributed by atoms with van der Waals surface area (Å²) in [5.41, 5.74) is 5.61. The zero-order chi connectivity index (χ0) is 15.8. The number of nitrogens with zero attached hydrogens (tertiary/aromatic N) is 4. The molecule has 2 rings (SSSR count). The van der Waals surface area contributed by atoms with Crippen LogP contribution in [-0.4, -0.2) is 60.0 Å². The number of nitrogens with one attached hydrogen (secondary N) is 1. The number of nitrogens with two attached hydrogens (primary N) is 1. The Morgan fingerprint density at radius 1 is 1.41 bits per heavy atom. The van der Waals surface area contributed by atoms with Crippen LogP contribution in [0.1, 0.15) is 0 Å². The number of carbonyl (C=O) groups excluding carboxylic acids is 1. The largest absolute Gasteiger partial charge is 0.345 e. The fraction of sp³-hybridized carbons (Fsp3) is 0.400. The second-order valence-corrected chi connectivity index (χ2v) is 4.95. The fourth-order valence-corrected chi connectivity index (χ4v) is 2.26. The molecule has 0 atom stereocenters. The number of aromatic nitrogens is 1. The van der Waals surface area contributed by atoms with Crippen LogP contribution in [0.5, 0.6) is 0 Å². The molecule has 1 aromatic rings. The summed E-state index contributed by atoms with van der Waals surface area (Å²) in [4.78, 5) is 20.3. The van der Waals surface area contributed by atoms with Crippen LogP contribution in [0.25, 0.3) is 0 Å². The molecule has 0 unspecified atom stereocenters. The van der Waals surface area contributed by atoms with Gasteiger partial charge in [-0.2, -0.15) is 5.26 Å². The monoisotopic (exact) mass is 300 g/mol. The fourth-order valence-electron chi connectivity index (χ4n) is 2.26. The summed E-state index contributed by atoms with van der Waals surface area (Å²) in [6, 6.07) is 7.34. The Kier molecular flexibility index (Phi) is 5.89. The van der Waals surface area contributed by atoms with Gasteiger partial charge in [-0.3, -0.25) is 9.69 Å². The van der Waals surface area contributed by atoms with E-state index in [1.165, 1.54) is 6.20 Å². The molecule has 0 saturated carbocycles. The van der Waals surface area contributed by atoms with Crippen molar-refractivity contribution < 1.29 is 4.79 Å². The number of anilines is 1. The highest BCUT2D eigenvalue weighted by molar-refractivity contribution is 5.97. The van der Waals surface area contributed by atoms with Crippen molar-refractivity contribution in [3.8, 4) is 6.07 Å². The molecule has 0 bridgehead atoms. The number of carbonyl (C=O) groups is 1. The molecule has 0 spiro atoms. The normalized spacial score (nSPS) is 16.2. The van der Waals surface area contributed by atoms with Crippen molar-refractivity contribution in [2.75, 3.05) is 44.6 Å².